The molecule has 0 amide bonds. The van der Waals surface area contributed by atoms with Crippen molar-refractivity contribution >= 4 is 6.29 Å². The van der Waals surface area contributed by atoms with Gasteiger partial charge in [0.05, 0.1) is 11.6 Å². The van der Waals surface area contributed by atoms with Crippen LogP contribution in [0.15, 0.2) is 24.4 Å². The van der Waals surface area contributed by atoms with Gasteiger partial charge in [0.2, 0.25) is 0 Å². The topological polar surface area (TPSA) is 34.9 Å². The lowest BCUT2D eigenvalue weighted by atomic mass is 9.96. The van der Waals surface area contributed by atoms with E-state index in [0.29, 0.717) is 17.3 Å². The highest BCUT2D eigenvalue weighted by atomic mass is 19.1. The first-order valence-electron chi connectivity index (χ1n) is 7.50. The van der Waals surface area contributed by atoms with Crippen LogP contribution in [0.1, 0.15) is 54.1 Å². The van der Waals surface area contributed by atoms with Gasteiger partial charge < -0.3 is 0 Å². The molecule has 1 aliphatic rings. The van der Waals surface area contributed by atoms with Gasteiger partial charge in [0, 0.05) is 11.8 Å². The van der Waals surface area contributed by atoms with Crippen LogP contribution in [0.5, 0.6) is 0 Å². The molecule has 1 fully saturated rings. The third-order valence-electron chi connectivity index (χ3n) is 4.28. The summed E-state index contributed by atoms with van der Waals surface area (Å²) < 4.78 is 15.2. The highest BCUT2D eigenvalue weighted by molar-refractivity contribution is 5.86. The first-order chi connectivity index (χ1) is 10.2. The molecule has 0 unspecified atom stereocenters. The molecule has 0 saturated heterocycles. The lowest BCUT2D eigenvalue weighted by Crippen LogP contribution is -2.13. The van der Waals surface area contributed by atoms with Gasteiger partial charge in [-0.25, -0.2) is 4.39 Å². The number of carbonyl (C=O) groups is 1. The Labute approximate surface area is 123 Å². The van der Waals surface area contributed by atoms with Crippen LogP contribution in [-0.2, 0) is 0 Å². The third kappa shape index (κ3) is 2.75. The van der Waals surface area contributed by atoms with Gasteiger partial charge in [-0.15, -0.1) is 0 Å². The van der Waals surface area contributed by atoms with Crippen LogP contribution in [0.2, 0.25) is 0 Å². The van der Waals surface area contributed by atoms with Crippen LogP contribution in [0, 0.1) is 12.7 Å². The van der Waals surface area contributed by atoms with E-state index in [1.807, 2.05) is 17.8 Å². The van der Waals surface area contributed by atoms with Crippen LogP contribution in [0.4, 0.5) is 4.39 Å². The molecule has 1 heterocycles. The number of aromatic nitrogens is 2. The zero-order chi connectivity index (χ0) is 14.8. The molecule has 2 aromatic rings. The summed E-state index contributed by atoms with van der Waals surface area (Å²) in [5.74, 6) is -0.268. The van der Waals surface area contributed by atoms with Gasteiger partial charge >= 0.3 is 0 Å². The summed E-state index contributed by atoms with van der Waals surface area (Å²) in [5.41, 5.74) is 2.86. The van der Waals surface area contributed by atoms with Gasteiger partial charge in [-0.3, -0.25) is 9.48 Å². The standard InChI is InChI=1S/C17H19FN2O/c1-12-9-14(18)7-8-16(12)17-13(11-21)10-20(19-17)15-5-3-2-4-6-15/h7-11,15H,2-6H2,1H3. The predicted octanol–water partition coefficient (Wildman–Crippen LogP) is 4.32. The maximum atomic E-state index is 13.2. The number of hydrogen-bond acceptors (Lipinski definition) is 2. The van der Waals surface area contributed by atoms with Crippen molar-refractivity contribution in [1.29, 1.82) is 0 Å². The van der Waals surface area contributed by atoms with Crippen LogP contribution >= 0.6 is 0 Å². The van der Waals surface area contributed by atoms with Crippen molar-refractivity contribution in [2.75, 3.05) is 0 Å². The summed E-state index contributed by atoms with van der Waals surface area (Å²) in [6, 6.07) is 4.97. The Morgan fingerprint density at radius 1 is 1.29 bits per heavy atom. The molecule has 3 nitrogen and oxygen atoms in total. The van der Waals surface area contributed by atoms with Crippen molar-refractivity contribution in [3.8, 4) is 11.3 Å². The van der Waals surface area contributed by atoms with Crippen molar-refractivity contribution in [3.05, 3.63) is 41.3 Å². The molecule has 1 saturated carbocycles. The van der Waals surface area contributed by atoms with E-state index in [4.69, 9.17) is 0 Å². The third-order valence-corrected chi connectivity index (χ3v) is 4.28. The van der Waals surface area contributed by atoms with E-state index in [9.17, 15) is 9.18 Å². The summed E-state index contributed by atoms with van der Waals surface area (Å²) in [4.78, 5) is 11.3. The van der Waals surface area contributed by atoms with Crippen molar-refractivity contribution in [1.82, 2.24) is 9.78 Å². The number of nitrogens with zero attached hydrogens (tertiary/aromatic N) is 2. The summed E-state index contributed by atoms with van der Waals surface area (Å²) in [6.07, 6.45) is 8.61. The molecule has 110 valence electrons. The molecule has 1 aliphatic carbocycles. The summed E-state index contributed by atoms with van der Waals surface area (Å²) in [5, 5.41) is 4.63. The fourth-order valence-corrected chi connectivity index (χ4v) is 3.13. The fraction of sp³-hybridized carbons (Fsp3) is 0.412. The van der Waals surface area contributed by atoms with Gasteiger partial charge in [0.25, 0.3) is 0 Å². The first-order valence-corrected chi connectivity index (χ1v) is 7.50. The smallest absolute Gasteiger partial charge is 0.153 e. The first kappa shape index (κ1) is 14.0. The molecule has 0 N–H and O–H groups in total. The highest BCUT2D eigenvalue weighted by Gasteiger charge is 2.20. The average Bonchev–Trinajstić information content (AvgIpc) is 2.92. The predicted molar refractivity (Wildman–Crippen MR) is 79.9 cm³/mol. The van der Waals surface area contributed by atoms with E-state index in [-0.39, 0.29) is 5.82 Å². The number of benzene rings is 1. The monoisotopic (exact) mass is 286 g/mol. The zero-order valence-electron chi connectivity index (χ0n) is 12.2. The lowest BCUT2D eigenvalue weighted by molar-refractivity contribution is 0.112. The van der Waals surface area contributed by atoms with Crippen molar-refractivity contribution < 1.29 is 9.18 Å². The Kier molecular flexibility index (Phi) is 3.86. The molecule has 0 aliphatic heterocycles. The van der Waals surface area contributed by atoms with Crippen LogP contribution in [-0.4, -0.2) is 16.1 Å². The van der Waals surface area contributed by atoms with Gasteiger partial charge in [0.15, 0.2) is 6.29 Å². The van der Waals surface area contributed by atoms with E-state index in [1.54, 1.807) is 6.07 Å². The second-order valence-electron chi connectivity index (χ2n) is 5.78. The maximum absolute atomic E-state index is 13.2. The maximum Gasteiger partial charge on any atom is 0.153 e. The van der Waals surface area contributed by atoms with Crippen molar-refractivity contribution in [3.63, 3.8) is 0 Å². The molecule has 1 aromatic carbocycles. The van der Waals surface area contributed by atoms with Crippen molar-refractivity contribution in [2.45, 2.75) is 45.1 Å². The Hall–Kier alpha value is -1.97. The summed E-state index contributed by atoms with van der Waals surface area (Å²) >= 11 is 0. The van der Waals surface area contributed by atoms with Crippen LogP contribution in [0.3, 0.4) is 0 Å². The number of halogens is 1. The largest absolute Gasteiger partial charge is 0.298 e. The van der Waals surface area contributed by atoms with Gasteiger partial charge in [-0.05, 0) is 43.5 Å². The molecule has 0 radical (unpaired) electrons. The molecule has 21 heavy (non-hydrogen) atoms. The quantitative estimate of drug-likeness (QED) is 0.788. The van der Waals surface area contributed by atoms with Gasteiger partial charge in [0.1, 0.15) is 11.5 Å². The normalized spacial score (nSPS) is 16.1. The minimum atomic E-state index is -0.268. The Bertz CT molecular complexity index is 657. The number of rotatable bonds is 3. The number of carbonyl (C=O) groups excluding carboxylic acids is 1. The summed E-state index contributed by atoms with van der Waals surface area (Å²) in [7, 11) is 0. The molecular formula is C17H19FN2O. The SMILES string of the molecule is Cc1cc(F)ccc1-c1nn(C2CCCCC2)cc1C=O. The lowest BCUT2D eigenvalue weighted by Gasteiger charge is -2.21. The molecule has 4 heteroatoms. The molecular weight excluding hydrogens is 267 g/mol. The van der Waals surface area contributed by atoms with Crippen LogP contribution in [0.25, 0.3) is 11.3 Å². The Morgan fingerprint density at radius 3 is 2.71 bits per heavy atom. The molecule has 0 bridgehead atoms. The summed E-state index contributed by atoms with van der Waals surface area (Å²) in [6.45, 7) is 1.84. The average molecular weight is 286 g/mol. The van der Waals surface area contributed by atoms with Gasteiger partial charge in [-0.2, -0.15) is 5.10 Å². The van der Waals surface area contributed by atoms with E-state index in [2.05, 4.69) is 5.10 Å². The number of hydrogen-bond donors (Lipinski definition) is 0. The van der Waals surface area contributed by atoms with Crippen LogP contribution < -0.4 is 0 Å². The van der Waals surface area contributed by atoms with E-state index in [0.717, 1.165) is 30.3 Å². The Balaban J connectivity index is 2.01. The van der Waals surface area contributed by atoms with E-state index >= 15 is 0 Å². The molecule has 1 aromatic heterocycles. The second kappa shape index (κ2) is 5.80. The molecule has 3 rings (SSSR count). The van der Waals surface area contributed by atoms with E-state index in [1.165, 1.54) is 31.4 Å². The minimum absolute atomic E-state index is 0.268. The Morgan fingerprint density at radius 2 is 2.05 bits per heavy atom. The van der Waals surface area contributed by atoms with Gasteiger partial charge in [-0.1, -0.05) is 19.3 Å². The van der Waals surface area contributed by atoms with E-state index < -0.39 is 0 Å². The second-order valence-corrected chi connectivity index (χ2v) is 5.78. The number of aryl methyl sites for hydroxylation is 1. The molecule has 0 atom stereocenters. The molecule has 0 spiro atoms. The highest BCUT2D eigenvalue weighted by Crippen LogP contribution is 2.31. The fourth-order valence-electron chi connectivity index (χ4n) is 3.13. The van der Waals surface area contributed by atoms with Crippen molar-refractivity contribution in [2.24, 2.45) is 0 Å². The number of aldehydes is 1. The zero-order valence-corrected chi connectivity index (χ0v) is 12.2. The minimum Gasteiger partial charge on any atom is -0.298 e.